The normalized spacial score (nSPS) is 30.9. The molecule has 2 aliphatic heterocycles. The lowest BCUT2D eigenvalue weighted by Gasteiger charge is -2.36. The molecule has 0 N–H and O–H groups in total. The highest BCUT2D eigenvalue weighted by Crippen LogP contribution is 2.46. The van der Waals surface area contributed by atoms with Crippen LogP contribution in [0.2, 0.25) is 0 Å². The van der Waals surface area contributed by atoms with Gasteiger partial charge >= 0.3 is 0 Å². The summed E-state index contributed by atoms with van der Waals surface area (Å²) in [5, 5.41) is 8.74. The van der Waals surface area contributed by atoms with Crippen molar-refractivity contribution in [2.45, 2.75) is 70.5 Å². The molecule has 0 aromatic heterocycles. The standard InChI is InChI=1S/C15H28BN2O5P/c1-10(2)18(11(3)4)24(21-7-5-6-17)22-8-12-13-14(15(16)23-12)20-9-19-13/h10-15H,5,7-9,16H2,1-4H3/t12-,13?,14?,15-,24?/m0/s1. The van der Waals surface area contributed by atoms with Crippen LogP contribution in [0, 0.1) is 11.3 Å². The van der Waals surface area contributed by atoms with Crippen LogP contribution in [0.1, 0.15) is 34.1 Å². The van der Waals surface area contributed by atoms with Gasteiger partial charge in [-0.25, -0.2) is 4.67 Å². The highest BCUT2D eigenvalue weighted by molar-refractivity contribution is 7.44. The van der Waals surface area contributed by atoms with E-state index in [2.05, 4.69) is 38.4 Å². The first-order valence-corrected chi connectivity index (χ1v) is 9.68. The third-order valence-electron chi connectivity index (χ3n) is 4.07. The molecule has 0 radical (unpaired) electrons. The fourth-order valence-electron chi connectivity index (χ4n) is 3.12. The molecule has 2 saturated heterocycles. The Kier molecular flexibility index (Phi) is 7.89. The Morgan fingerprint density at radius 1 is 1.21 bits per heavy atom. The third-order valence-corrected chi connectivity index (χ3v) is 6.15. The topological polar surface area (TPSA) is 73.2 Å². The van der Waals surface area contributed by atoms with Crippen LogP contribution in [-0.4, -0.2) is 68.9 Å². The van der Waals surface area contributed by atoms with Crippen LogP contribution >= 0.6 is 8.53 Å². The number of fused-ring (bicyclic) bond motifs is 1. The van der Waals surface area contributed by atoms with Crippen molar-refractivity contribution < 1.29 is 23.3 Å². The van der Waals surface area contributed by atoms with Gasteiger partial charge in [0.2, 0.25) is 0 Å². The molecule has 7 nitrogen and oxygen atoms in total. The molecule has 0 aromatic carbocycles. The summed E-state index contributed by atoms with van der Waals surface area (Å²) in [6.45, 7) is 9.54. The van der Waals surface area contributed by atoms with Crippen LogP contribution in [0.4, 0.5) is 0 Å². The second-order valence-corrected chi connectivity index (χ2v) is 8.06. The Labute approximate surface area is 146 Å². The summed E-state index contributed by atoms with van der Waals surface area (Å²) in [4.78, 5) is 0. The number of nitriles is 1. The number of ether oxygens (including phenoxy) is 3. The van der Waals surface area contributed by atoms with Gasteiger partial charge < -0.3 is 23.3 Å². The first-order chi connectivity index (χ1) is 11.5. The molecular weight excluding hydrogens is 330 g/mol. The second kappa shape index (κ2) is 9.44. The molecule has 0 bridgehead atoms. The van der Waals surface area contributed by atoms with Gasteiger partial charge in [0.1, 0.15) is 33.0 Å². The lowest BCUT2D eigenvalue weighted by Crippen LogP contribution is -2.36. The van der Waals surface area contributed by atoms with Gasteiger partial charge in [-0.1, -0.05) is 0 Å². The Balaban J connectivity index is 1.95. The van der Waals surface area contributed by atoms with Crippen LogP contribution < -0.4 is 0 Å². The third kappa shape index (κ3) is 4.89. The minimum atomic E-state index is -1.26. The fourth-order valence-corrected chi connectivity index (χ4v) is 4.74. The van der Waals surface area contributed by atoms with E-state index in [1.54, 1.807) is 0 Å². The zero-order valence-corrected chi connectivity index (χ0v) is 16.1. The SMILES string of the molecule is B[C@H]1O[C@@H](COP(OCCC#N)N(C(C)C)C(C)C)C2OCOC21. The predicted octanol–water partition coefficient (Wildman–Crippen LogP) is 1.38. The smallest absolute Gasteiger partial charge is 0.259 e. The molecule has 2 fully saturated rings. The van der Waals surface area contributed by atoms with Crippen molar-refractivity contribution in [3.05, 3.63) is 0 Å². The van der Waals surface area contributed by atoms with Gasteiger partial charge in [-0.3, -0.25) is 0 Å². The monoisotopic (exact) mass is 358 g/mol. The largest absolute Gasteiger partial charge is 0.376 e. The number of hydrogen-bond acceptors (Lipinski definition) is 7. The first-order valence-electron chi connectivity index (χ1n) is 8.55. The maximum Gasteiger partial charge on any atom is 0.259 e. The van der Waals surface area contributed by atoms with Crippen LogP contribution in [0.25, 0.3) is 0 Å². The zero-order valence-electron chi connectivity index (χ0n) is 15.2. The van der Waals surface area contributed by atoms with Crippen LogP contribution in [0.15, 0.2) is 0 Å². The zero-order chi connectivity index (χ0) is 17.7. The Bertz CT molecular complexity index is 429. The van der Waals surface area contributed by atoms with Gasteiger partial charge in [0.25, 0.3) is 8.53 Å². The van der Waals surface area contributed by atoms with E-state index in [-0.39, 0.29) is 36.4 Å². The van der Waals surface area contributed by atoms with Crippen molar-refractivity contribution in [2.75, 3.05) is 20.0 Å². The maximum atomic E-state index is 8.74. The minimum absolute atomic E-state index is 0.00290. The summed E-state index contributed by atoms with van der Waals surface area (Å²) in [6.07, 6.45) is 0.0987. The van der Waals surface area contributed by atoms with E-state index in [0.717, 1.165) is 0 Å². The summed E-state index contributed by atoms with van der Waals surface area (Å²) in [6, 6.07) is 2.66. The summed E-state index contributed by atoms with van der Waals surface area (Å²) in [7, 11) is 0.736. The van der Waals surface area contributed by atoms with Gasteiger partial charge in [-0.15, -0.1) is 0 Å². The Hall–Kier alpha value is -0.255. The van der Waals surface area contributed by atoms with Crippen molar-refractivity contribution in [1.29, 1.82) is 5.26 Å². The Morgan fingerprint density at radius 3 is 2.50 bits per heavy atom. The van der Waals surface area contributed by atoms with Crippen molar-refractivity contribution in [2.24, 2.45) is 0 Å². The van der Waals surface area contributed by atoms with Gasteiger partial charge in [-0.2, -0.15) is 5.26 Å². The molecule has 2 heterocycles. The molecule has 5 atom stereocenters. The van der Waals surface area contributed by atoms with E-state index in [4.69, 9.17) is 28.5 Å². The number of rotatable bonds is 9. The van der Waals surface area contributed by atoms with Crippen molar-refractivity contribution in [3.8, 4) is 6.07 Å². The lowest BCUT2D eigenvalue weighted by atomic mass is 9.93. The molecule has 0 spiro atoms. The molecule has 3 unspecified atom stereocenters. The molecule has 0 saturated carbocycles. The minimum Gasteiger partial charge on any atom is -0.376 e. The molecule has 0 aliphatic carbocycles. The highest BCUT2D eigenvalue weighted by Gasteiger charge is 2.47. The maximum absolute atomic E-state index is 8.74. The van der Waals surface area contributed by atoms with Gasteiger partial charge in [0.15, 0.2) is 0 Å². The second-order valence-electron chi connectivity index (χ2n) is 6.60. The summed E-state index contributed by atoms with van der Waals surface area (Å²) in [5.41, 5.74) is 0. The van der Waals surface area contributed by atoms with E-state index < -0.39 is 8.53 Å². The summed E-state index contributed by atoms with van der Waals surface area (Å²) < 4.78 is 31.3. The predicted molar refractivity (Wildman–Crippen MR) is 93.0 cm³/mol. The van der Waals surface area contributed by atoms with Crippen LogP contribution in [-0.2, 0) is 23.3 Å². The van der Waals surface area contributed by atoms with Crippen molar-refractivity contribution >= 4 is 16.4 Å². The van der Waals surface area contributed by atoms with E-state index in [1.165, 1.54) is 0 Å². The molecule has 136 valence electrons. The van der Waals surface area contributed by atoms with Gasteiger partial charge in [-0.05, 0) is 27.7 Å². The molecule has 2 rings (SSSR count). The molecule has 2 aliphatic rings. The average Bonchev–Trinajstić information content (AvgIpc) is 3.09. The van der Waals surface area contributed by atoms with Crippen LogP contribution in [0.5, 0.6) is 0 Å². The lowest BCUT2D eigenvalue weighted by molar-refractivity contribution is -0.0645. The van der Waals surface area contributed by atoms with Crippen molar-refractivity contribution in [3.63, 3.8) is 0 Å². The highest BCUT2D eigenvalue weighted by atomic mass is 31.2. The van der Waals surface area contributed by atoms with Gasteiger partial charge in [0, 0.05) is 12.1 Å². The number of nitrogens with zero attached hydrogens (tertiary/aromatic N) is 2. The quantitative estimate of drug-likeness (QED) is 0.350. The average molecular weight is 358 g/mol. The molecular formula is C15H28BN2O5P. The fraction of sp³-hybridized carbons (Fsp3) is 0.933. The first kappa shape index (κ1) is 20.1. The van der Waals surface area contributed by atoms with E-state index in [0.29, 0.717) is 26.4 Å². The Morgan fingerprint density at radius 2 is 1.88 bits per heavy atom. The molecule has 0 aromatic rings. The van der Waals surface area contributed by atoms with E-state index in [9.17, 15) is 0 Å². The van der Waals surface area contributed by atoms with E-state index in [1.807, 2.05) is 7.85 Å². The van der Waals surface area contributed by atoms with Gasteiger partial charge in [0.05, 0.1) is 31.7 Å². The summed E-state index contributed by atoms with van der Waals surface area (Å²) in [5.74, 6) is 0. The summed E-state index contributed by atoms with van der Waals surface area (Å²) >= 11 is 0. The van der Waals surface area contributed by atoms with E-state index >= 15 is 0 Å². The van der Waals surface area contributed by atoms with Crippen LogP contribution in [0.3, 0.4) is 0 Å². The molecule has 9 heteroatoms. The van der Waals surface area contributed by atoms with Crippen molar-refractivity contribution in [1.82, 2.24) is 4.67 Å². The molecule has 24 heavy (non-hydrogen) atoms. The number of hydrogen-bond donors (Lipinski definition) is 0. The molecule has 0 amide bonds.